The van der Waals surface area contributed by atoms with Crippen molar-refractivity contribution in [2.24, 2.45) is 11.8 Å². The van der Waals surface area contributed by atoms with Gasteiger partial charge in [-0.3, -0.25) is 0 Å². The van der Waals surface area contributed by atoms with E-state index in [1.807, 2.05) is 24.3 Å². The van der Waals surface area contributed by atoms with Crippen LogP contribution in [0.15, 0.2) is 30.3 Å². The Balaban J connectivity index is 1.77. The van der Waals surface area contributed by atoms with E-state index in [2.05, 4.69) is 6.92 Å². The van der Waals surface area contributed by atoms with Crippen LogP contribution in [0.3, 0.4) is 0 Å². The summed E-state index contributed by atoms with van der Waals surface area (Å²) in [5, 5.41) is 8.58. The van der Waals surface area contributed by atoms with Crippen molar-refractivity contribution in [1.29, 1.82) is 0 Å². The van der Waals surface area contributed by atoms with E-state index < -0.39 is 5.97 Å². The molecule has 1 aliphatic carbocycles. The number of hydrogen-bond acceptors (Lipinski definition) is 2. The highest BCUT2D eigenvalue weighted by Gasteiger charge is 2.20. The van der Waals surface area contributed by atoms with Gasteiger partial charge < -0.3 is 9.84 Å². The largest absolute Gasteiger partial charge is 0.493 e. The maximum Gasteiger partial charge on any atom is 0.328 e. The fourth-order valence-corrected chi connectivity index (χ4v) is 2.86. The summed E-state index contributed by atoms with van der Waals surface area (Å²) in [6.45, 7) is 3.07. The van der Waals surface area contributed by atoms with E-state index in [4.69, 9.17) is 9.84 Å². The fraction of sp³-hybridized carbons (Fsp3) is 0.500. The van der Waals surface area contributed by atoms with Crippen molar-refractivity contribution in [1.82, 2.24) is 0 Å². The second-order valence-corrected chi connectivity index (χ2v) is 5.85. The molecule has 0 bridgehead atoms. The molecule has 114 valence electrons. The molecule has 0 heterocycles. The zero-order valence-corrected chi connectivity index (χ0v) is 12.6. The van der Waals surface area contributed by atoms with Crippen LogP contribution < -0.4 is 4.74 Å². The molecular formula is C18H24O3. The summed E-state index contributed by atoms with van der Waals surface area (Å²) in [7, 11) is 0. The van der Waals surface area contributed by atoms with Crippen LogP contribution in [0.2, 0.25) is 0 Å². The number of carboxylic acids is 1. The summed E-state index contributed by atoms with van der Waals surface area (Å²) >= 11 is 0. The van der Waals surface area contributed by atoms with Crippen LogP contribution in [-0.2, 0) is 4.79 Å². The van der Waals surface area contributed by atoms with E-state index in [-0.39, 0.29) is 0 Å². The first kappa shape index (κ1) is 15.6. The van der Waals surface area contributed by atoms with Crippen LogP contribution in [0.25, 0.3) is 6.08 Å². The minimum Gasteiger partial charge on any atom is -0.493 e. The first-order chi connectivity index (χ1) is 10.2. The Morgan fingerprint density at radius 1 is 1.19 bits per heavy atom. The maximum atomic E-state index is 10.5. The zero-order valence-electron chi connectivity index (χ0n) is 12.6. The van der Waals surface area contributed by atoms with Crippen molar-refractivity contribution in [2.75, 3.05) is 6.61 Å². The van der Waals surface area contributed by atoms with Crippen molar-refractivity contribution < 1.29 is 14.6 Å². The first-order valence-corrected chi connectivity index (χ1v) is 7.81. The molecule has 0 atom stereocenters. The van der Waals surface area contributed by atoms with Gasteiger partial charge in [-0.15, -0.1) is 0 Å². The number of carboxylic acid groups (broad SMARTS) is 1. The highest BCUT2D eigenvalue weighted by Crippen LogP contribution is 2.31. The van der Waals surface area contributed by atoms with E-state index in [9.17, 15) is 4.79 Å². The number of ether oxygens (including phenoxy) is 1. The molecule has 0 aliphatic heterocycles. The van der Waals surface area contributed by atoms with E-state index in [1.165, 1.54) is 32.1 Å². The molecule has 0 saturated heterocycles. The van der Waals surface area contributed by atoms with Gasteiger partial charge in [-0.2, -0.15) is 0 Å². The molecule has 0 spiro atoms. The Morgan fingerprint density at radius 3 is 2.38 bits per heavy atom. The molecule has 1 fully saturated rings. The number of rotatable bonds is 6. The third-order valence-corrected chi connectivity index (χ3v) is 4.33. The molecule has 21 heavy (non-hydrogen) atoms. The van der Waals surface area contributed by atoms with Crippen LogP contribution in [0.1, 0.15) is 44.6 Å². The molecule has 2 rings (SSSR count). The second kappa shape index (κ2) is 7.87. The lowest BCUT2D eigenvalue weighted by molar-refractivity contribution is -0.131. The quantitative estimate of drug-likeness (QED) is 0.790. The normalized spacial score (nSPS) is 22.3. The monoisotopic (exact) mass is 288 g/mol. The zero-order chi connectivity index (χ0) is 15.1. The van der Waals surface area contributed by atoms with Crippen molar-refractivity contribution in [2.45, 2.75) is 39.0 Å². The summed E-state index contributed by atoms with van der Waals surface area (Å²) in [6.07, 6.45) is 9.25. The van der Waals surface area contributed by atoms with Crippen molar-refractivity contribution in [3.05, 3.63) is 35.9 Å². The predicted octanol–water partition coefficient (Wildman–Crippen LogP) is 4.38. The molecule has 0 amide bonds. The number of benzene rings is 1. The first-order valence-electron chi connectivity index (χ1n) is 7.81. The Hall–Kier alpha value is -1.77. The molecule has 1 saturated carbocycles. The van der Waals surface area contributed by atoms with Gasteiger partial charge in [-0.1, -0.05) is 38.3 Å². The Labute approximate surface area is 126 Å². The Bertz CT molecular complexity index is 468. The molecule has 1 aliphatic rings. The lowest BCUT2D eigenvalue weighted by Gasteiger charge is -2.27. The molecular weight excluding hydrogens is 264 g/mol. The minimum absolute atomic E-state index is 0.680. The van der Waals surface area contributed by atoms with Crippen LogP contribution in [0.4, 0.5) is 0 Å². The van der Waals surface area contributed by atoms with Crippen LogP contribution in [0.5, 0.6) is 5.75 Å². The lowest BCUT2D eigenvalue weighted by atomic mass is 9.81. The predicted molar refractivity (Wildman–Crippen MR) is 84.3 cm³/mol. The van der Waals surface area contributed by atoms with Gasteiger partial charge in [0.15, 0.2) is 0 Å². The van der Waals surface area contributed by atoms with Crippen molar-refractivity contribution in [3.63, 3.8) is 0 Å². The van der Waals surface area contributed by atoms with Gasteiger partial charge in [0.1, 0.15) is 5.75 Å². The summed E-state index contributed by atoms with van der Waals surface area (Å²) < 4.78 is 5.85. The van der Waals surface area contributed by atoms with Crippen molar-refractivity contribution >= 4 is 12.0 Å². The molecule has 0 radical (unpaired) electrons. The van der Waals surface area contributed by atoms with Crippen molar-refractivity contribution in [3.8, 4) is 5.75 Å². The summed E-state index contributed by atoms with van der Waals surface area (Å²) in [4.78, 5) is 10.5. The number of aliphatic carboxylic acids is 1. The average molecular weight is 288 g/mol. The highest BCUT2D eigenvalue weighted by atomic mass is 16.5. The van der Waals surface area contributed by atoms with Gasteiger partial charge >= 0.3 is 5.97 Å². The van der Waals surface area contributed by atoms with Crippen LogP contribution in [0, 0.1) is 11.8 Å². The summed E-state index contributed by atoms with van der Waals surface area (Å²) in [5.41, 5.74) is 0.869. The molecule has 1 aromatic rings. The SMILES string of the molecule is CCC1CCC(COc2ccc(/C=C/C(=O)O)cc2)CC1. The topological polar surface area (TPSA) is 46.5 Å². The Morgan fingerprint density at radius 2 is 1.81 bits per heavy atom. The van der Waals surface area contributed by atoms with Gasteiger partial charge in [0.2, 0.25) is 0 Å². The average Bonchev–Trinajstić information content (AvgIpc) is 2.52. The lowest BCUT2D eigenvalue weighted by Crippen LogP contribution is -2.19. The third-order valence-electron chi connectivity index (χ3n) is 4.33. The molecule has 1 aromatic carbocycles. The molecule has 3 nitrogen and oxygen atoms in total. The van der Waals surface area contributed by atoms with Crippen LogP contribution >= 0.6 is 0 Å². The minimum atomic E-state index is -0.932. The van der Waals surface area contributed by atoms with Crippen LogP contribution in [-0.4, -0.2) is 17.7 Å². The smallest absolute Gasteiger partial charge is 0.328 e. The standard InChI is InChI=1S/C18H24O3/c1-2-14-3-5-16(6-4-14)13-21-17-10-7-15(8-11-17)9-12-18(19)20/h7-12,14,16H,2-6,13H2,1H3,(H,19,20)/b12-9+. The molecule has 1 N–H and O–H groups in total. The van der Waals surface area contributed by atoms with Gasteiger partial charge in [-0.05, 0) is 48.4 Å². The second-order valence-electron chi connectivity index (χ2n) is 5.85. The van der Waals surface area contributed by atoms with Gasteiger partial charge in [0.05, 0.1) is 6.61 Å². The van der Waals surface area contributed by atoms with E-state index in [0.717, 1.165) is 29.9 Å². The molecule has 3 heteroatoms. The van der Waals surface area contributed by atoms with Gasteiger partial charge in [0.25, 0.3) is 0 Å². The summed E-state index contributed by atoms with van der Waals surface area (Å²) in [6, 6.07) is 7.56. The van der Waals surface area contributed by atoms with Gasteiger partial charge in [0, 0.05) is 6.08 Å². The van der Waals surface area contributed by atoms with Gasteiger partial charge in [-0.25, -0.2) is 4.79 Å². The number of carbonyl (C=O) groups is 1. The number of hydrogen-bond donors (Lipinski definition) is 1. The maximum absolute atomic E-state index is 10.5. The fourth-order valence-electron chi connectivity index (χ4n) is 2.86. The third kappa shape index (κ3) is 5.25. The molecule has 0 unspecified atom stereocenters. The van der Waals surface area contributed by atoms with E-state index in [0.29, 0.717) is 5.92 Å². The highest BCUT2D eigenvalue weighted by molar-refractivity contribution is 5.85. The van der Waals surface area contributed by atoms with E-state index >= 15 is 0 Å². The summed E-state index contributed by atoms with van der Waals surface area (Å²) in [5.74, 6) is 1.53. The Kier molecular flexibility index (Phi) is 5.85. The molecule has 0 aromatic heterocycles. The van der Waals surface area contributed by atoms with E-state index in [1.54, 1.807) is 6.08 Å².